The zero-order valence-electron chi connectivity index (χ0n) is 8.71. The van der Waals surface area contributed by atoms with E-state index in [0.29, 0.717) is 12.0 Å². The van der Waals surface area contributed by atoms with Gasteiger partial charge in [0.25, 0.3) is 5.69 Å². The highest BCUT2D eigenvalue weighted by atomic mass is 16.6. The van der Waals surface area contributed by atoms with Gasteiger partial charge in [0.15, 0.2) is 0 Å². The lowest BCUT2D eigenvalue weighted by Crippen LogP contribution is -1.99. The Labute approximate surface area is 91.9 Å². The van der Waals surface area contributed by atoms with Gasteiger partial charge in [-0.25, -0.2) is 0 Å². The van der Waals surface area contributed by atoms with Gasteiger partial charge < -0.3 is 5.11 Å². The van der Waals surface area contributed by atoms with Crippen molar-refractivity contribution >= 4 is 11.7 Å². The Balaban J connectivity index is 2.28. The first-order valence-corrected chi connectivity index (χ1v) is 4.98. The molecule has 0 spiro atoms. The minimum absolute atomic E-state index is 0.0585. The number of hydrogen-bond donors (Lipinski definition) is 1. The minimum Gasteiger partial charge on any atom is -0.481 e. The quantitative estimate of drug-likeness (QED) is 0.626. The second kappa shape index (κ2) is 3.59. The summed E-state index contributed by atoms with van der Waals surface area (Å²) in [5.74, 6) is -1.26. The number of aryl methyl sites for hydroxylation is 1. The number of carboxylic acids is 1. The number of aliphatic carboxylic acids is 1. The highest BCUT2D eigenvalue weighted by Crippen LogP contribution is 2.48. The van der Waals surface area contributed by atoms with Gasteiger partial charge in [-0.2, -0.15) is 0 Å². The summed E-state index contributed by atoms with van der Waals surface area (Å²) in [4.78, 5) is 21.0. The van der Waals surface area contributed by atoms with E-state index in [-0.39, 0.29) is 17.5 Å². The summed E-state index contributed by atoms with van der Waals surface area (Å²) in [7, 11) is 0. The Bertz CT molecular complexity index is 469. The van der Waals surface area contributed by atoms with Gasteiger partial charge in [-0.1, -0.05) is 12.1 Å². The fourth-order valence-corrected chi connectivity index (χ4v) is 1.89. The molecule has 0 amide bonds. The second-order valence-corrected chi connectivity index (χ2v) is 4.09. The number of carbonyl (C=O) groups is 1. The Morgan fingerprint density at radius 2 is 2.25 bits per heavy atom. The average molecular weight is 221 g/mol. The monoisotopic (exact) mass is 221 g/mol. The Morgan fingerprint density at radius 3 is 2.75 bits per heavy atom. The summed E-state index contributed by atoms with van der Waals surface area (Å²) in [5, 5.41) is 19.5. The van der Waals surface area contributed by atoms with Crippen LogP contribution in [0.15, 0.2) is 18.2 Å². The van der Waals surface area contributed by atoms with Crippen LogP contribution in [-0.4, -0.2) is 16.0 Å². The van der Waals surface area contributed by atoms with E-state index in [2.05, 4.69) is 0 Å². The van der Waals surface area contributed by atoms with Crippen molar-refractivity contribution in [3.05, 3.63) is 39.4 Å². The molecule has 1 saturated carbocycles. The molecule has 84 valence electrons. The van der Waals surface area contributed by atoms with Crippen LogP contribution in [0.4, 0.5) is 5.69 Å². The molecular formula is C11H11NO4. The summed E-state index contributed by atoms with van der Waals surface area (Å²) in [6.45, 7) is 1.67. The molecule has 2 rings (SSSR count). The molecule has 2 unspecified atom stereocenters. The second-order valence-electron chi connectivity index (χ2n) is 4.09. The van der Waals surface area contributed by atoms with E-state index in [4.69, 9.17) is 5.11 Å². The Kier molecular flexibility index (Phi) is 2.38. The van der Waals surface area contributed by atoms with Crippen molar-refractivity contribution in [2.24, 2.45) is 5.92 Å². The van der Waals surface area contributed by atoms with Crippen LogP contribution in [-0.2, 0) is 4.79 Å². The number of hydrogen-bond acceptors (Lipinski definition) is 3. The molecule has 0 aliphatic heterocycles. The van der Waals surface area contributed by atoms with Crippen LogP contribution in [0, 0.1) is 23.0 Å². The average Bonchev–Trinajstić information content (AvgIpc) is 2.97. The summed E-state index contributed by atoms with van der Waals surface area (Å²) in [5.41, 5.74) is 1.42. The van der Waals surface area contributed by atoms with Gasteiger partial charge in [-0.3, -0.25) is 14.9 Å². The molecule has 0 aromatic heterocycles. The molecule has 5 nitrogen and oxygen atoms in total. The highest BCUT2D eigenvalue weighted by molar-refractivity contribution is 5.75. The third-order valence-corrected chi connectivity index (χ3v) is 2.97. The molecule has 0 saturated heterocycles. The number of rotatable bonds is 3. The molecule has 1 N–H and O–H groups in total. The van der Waals surface area contributed by atoms with Crippen LogP contribution >= 0.6 is 0 Å². The number of nitro benzene ring substituents is 1. The van der Waals surface area contributed by atoms with Crippen molar-refractivity contribution in [2.45, 2.75) is 19.3 Å². The third-order valence-electron chi connectivity index (χ3n) is 2.97. The molecule has 2 atom stereocenters. The zero-order valence-corrected chi connectivity index (χ0v) is 8.71. The topological polar surface area (TPSA) is 80.4 Å². The van der Waals surface area contributed by atoms with Crippen molar-refractivity contribution in [2.75, 3.05) is 0 Å². The first kappa shape index (κ1) is 10.6. The first-order chi connectivity index (χ1) is 7.50. The maximum absolute atomic E-state index is 10.7. The largest absolute Gasteiger partial charge is 0.481 e. The predicted molar refractivity (Wildman–Crippen MR) is 56.3 cm³/mol. The third kappa shape index (κ3) is 1.76. The van der Waals surface area contributed by atoms with Crippen molar-refractivity contribution < 1.29 is 14.8 Å². The van der Waals surface area contributed by atoms with E-state index < -0.39 is 10.9 Å². The molecule has 0 heterocycles. The lowest BCUT2D eigenvalue weighted by molar-refractivity contribution is -0.385. The van der Waals surface area contributed by atoms with Gasteiger partial charge in [0.1, 0.15) is 0 Å². The zero-order chi connectivity index (χ0) is 11.9. The Morgan fingerprint density at radius 1 is 1.56 bits per heavy atom. The van der Waals surface area contributed by atoms with Crippen LogP contribution in [0.3, 0.4) is 0 Å². The number of nitro groups is 1. The molecule has 0 radical (unpaired) electrons. The lowest BCUT2D eigenvalue weighted by Gasteiger charge is -2.01. The smallest absolute Gasteiger partial charge is 0.307 e. The van der Waals surface area contributed by atoms with Crippen molar-refractivity contribution in [1.29, 1.82) is 0 Å². The maximum atomic E-state index is 10.7. The van der Waals surface area contributed by atoms with Crippen LogP contribution < -0.4 is 0 Å². The number of benzene rings is 1. The van der Waals surface area contributed by atoms with Crippen molar-refractivity contribution in [3.8, 4) is 0 Å². The fraction of sp³-hybridized carbons (Fsp3) is 0.364. The summed E-state index contributed by atoms with van der Waals surface area (Å²) < 4.78 is 0. The first-order valence-electron chi connectivity index (χ1n) is 4.98. The lowest BCUT2D eigenvalue weighted by atomic mass is 10.1. The van der Waals surface area contributed by atoms with Gasteiger partial charge in [0.2, 0.25) is 0 Å². The minimum atomic E-state index is -0.826. The number of nitrogens with zero attached hydrogens (tertiary/aromatic N) is 1. The van der Waals surface area contributed by atoms with Crippen LogP contribution in [0.5, 0.6) is 0 Å². The van der Waals surface area contributed by atoms with Gasteiger partial charge in [0.05, 0.1) is 10.8 Å². The van der Waals surface area contributed by atoms with E-state index >= 15 is 0 Å². The van der Waals surface area contributed by atoms with Gasteiger partial charge in [-0.05, 0) is 24.8 Å². The van der Waals surface area contributed by atoms with Gasteiger partial charge >= 0.3 is 5.97 Å². The molecular weight excluding hydrogens is 210 g/mol. The molecule has 1 aliphatic rings. The van der Waals surface area contributed by atoms with E-state index in [9.17, 15) is 14.9 Å². The number of carboxylic acid groups (broad SMARTS) is 1. The van der Waals surface area contributed by atoms with E-state index in [0.717, 1.165) is 5.56 Å². The molecule has 1 aliphatic carbocycles. The van der Waals surface area contributed by atoms with E-state index in [1.807, 2.05) is 0 Å². The molecule has 1 aromatic carbocycles. The van der Waals surface area contributed by atoms with Crippen molar-refractivity contribution in [1.82, 2.24) is 0 Å². The standard InChI is InChI=1S/C11H11NO4/c1-6-2-3-7(4-10(6)12(15)16)8-5-9(8)11(13)14/h2-4,8-9H,5H2,1H3,(H,13,14). The fourth-order valence-electron chi connectivity index (χ4n) is 1.89. The van der Waals surface area contributed by atoms with E-state index in [1.165, 1.54) is 6.07 Å². The molecule has 0 bridgehead atoms. The van der Waals surface area contributed by atoms with E-state index in [1.54, 1.807) is 19.1 Å². The van der Waals surface area contributed by atoms with Crippen molar-refractivity contribution in [3.63, 3.8) is 0 Å². The summed E-state index contributed by atoms with van der Waals surface area (Å²) in [6.07, 6.45) is 0.579. The van der Waals surface area contributed by atoms with Gasteiger partial charge in [0, 0.05) is 11.6 Å². The molecule has 5 heteroatoms. The molecule has 1 aromatic rings. The van der Waals surface area contributed by atoms with Gasteiger partial charge in [-0.15, -0.1) is 0 Å². The normalized spacial score (nSPS) is 22.8. The maximum Gasteiger partial charge on any atom is 0.307 e. The van der Waals surface area contributed by atoms with Crippen LogP contribution in [0.25, 0.3) is 0 Å². The van der Waals surface area contributed by atoms with Crippen LogP contribution in [0.1, 0.15) is 23.5 Å². The van der Waals surface area contributed by atoms with Crippen LogP contribution in [0.2, 0.25) is 0 Å². The summed E-state index contributed by atoms with van der Waals surface area (Å²) >= 11 is 0. The SMILES string of the molecule is Cc1ccc(C2CC2C(=O)O)cc1[N+](=O)[O-]. The molecule has 1 fully saturated rings. The molecule has 16 heavy (non-hydrogen) atoms. The highest BCUT2D eigenvalue weighted by Gasteiger charge is 2.44. The summed E-state index contributed by atoms with van der Waals surface area (Å²) in [6, 6.07) is 4.93. The Hall–Kier alpha value is -1.91. The predicted octanol–water partition coefficient (Wildman–Crippen LogP) is 2.09.